The first-order chi connectivity index (χ1) is 14.2. The van der Waals surface area contributed by atoms with Crippen LogP contribution >= 0.6 is 11.6 Å². The minimum absolute atomic E-state index is 0.126. The van der Waals surface area contributed by atoms with E-state index in [1.807, 2.05) is 42.5 Å². The Morgan fingerprint density at radius 2 is 1.76 bits per heavy atom. The molecule has 0 unspecified atom stereocenters. The van der Waals surface area contributed by atoms with E-state index in [1.54, 1.807) is 12.1 Å². The molecule has 7 heteroatoms. The van der Waals surface area contributed by atoms with Crippen molar-refractivity contribution < 1.29 is 9.21 Å². The van der Waals surface area contributed by atoms with Gasteiger partial charge < -0.3 is 14.6 Å². The summed E-state index contributed by atoms with van der Waals surface area (Å²) in [5.41, 5.74) is 1.78. The molecule has 0 aliphatic carbocycles. The number of amides is 1. The molecule has 1 aliphatic rings. The molecule has 1 fully saturated rings. The van der Waals surface area contributed by atoms with Crippen molar-refractivity contribution in [3.05, 3.63) is 76.6 Å². The summed E-state index contributed by atoms with van der Waals surface area (Å²) >= 11 is 5.93. The zero-order chi connectivity index (χ0) is 20.1. The highest BCUT2D eigenvalue weighted by Gasteiger charge is 2.25. The van der Waals surface area contributed by atoms with E-state index in [2.05, 4.69) is 20.4 Å². The summed E-state index contributed by atoms with van der Waals surface area (Å²) in [6.45, 7) is 1.83. The van der Waals surface area contributed by atoms with Crippen LogP contribution < -0.4 is 10.2 Å². The zero-order valence-corrected chi connectivity index (χ0v) is 16.8. The Labute approximate surface area is 174 Å². The van der Waals surface area contributed by atoms with Crippen molar-refractivity contribution in [2.45, 2.75) is 31.7 Å². The van der Waals surface area contributed by atoms with Crippen molar-refractivity contribution in [1.82, 2.24) is 15.5 Å². The summed E-state index contributed by atoms with van der Waals surface area (Å²) in [6, 6.07) is 16.9. The average molecular weight is 411 g/mol. The smallest absolute Gasteiger partial charge is 0.318 e. The predicted molar refractivity (Wildman–Crippen MR) is 112 cm³/mol. The summed E-state index contributed by atoms with van der Waals surface area (Å²) in [5, 5.41) is 12.2. The Morgan fingerprint density at radius 1 is 1.03 bits per heavy atom. The van der Waals surface area contributed by atoms with Crippen LogP contribution in [0.4, 0.5) is 6.01 Å². The summed E-state index contributed by atoms with van der Waals surface area (Å²) in [6.07, 6.45) is 3.72. The first kappa shape index (κ1) is 19.5. The molecule has 4 rings (SSSR count). The molecule has 150 valence electrons. The third-order valence-corrected chi connectivity index (χ3v) is 5.27. The Kier molecular flexibility index (Phi) is 6.10. The van der Waals surface area contributed by atoms with E-state index in [0.717, 1.165) is 37.1 Å². The fourth-order valence-electron chi connectivity index (χ4n) is 3.49. The SMILES string of the molecule is O=C(Cc1ccc(Cl)cc1)N[C@H](c1ccccc1)c1nnc(N2CCCCC2)o1. The van der Waals surface area contributed by atoms with Crippen molar-refractivity contribution in [2.24, 2.45) is 0 Å². The second-order valence-electron chi connectivity index (χ2n) is 7.19. The number of hydrogen-bond acceptors (Lipinski definition) is 5. The van der Waals surface area contributed by atoms with Crippen molar-refractivity contribution in [1.29, 1.82) is 0 Å². The molecular formula is C22H23ClN4O2. The molecule has 3 aromatic rings. The van der Waals surface area contributed by atoms with Crippen LogP contribution in [0.5, 0.6) is 0 Å². The summed E-state index contributed by atoms with van der Waals surface area (Å²) in [5.74, 6) is 0.264. The number of nitrogens with one attached hydrogen (secondary N) is 1. The van der Waals surface area contributed by atoms with E-state index in [-0.39, 0.29) is 12.3 Å². The normalized spacial score (nSPS) is 15.1. The highest BCUT2D eigenvalue weighted by atomic mass is 35.5. The Bertz CT molecular complexity index is 937. The third kappa shape index (κ3) is 4.95. The third-order valence-electron chi connectivity index (χ3n) is 5.02. The lowest BCUT2D eigenvalue weighted by molar-refractivity contribution is -0.121. The molecule has 29 heavy (non-hydrogen) atoms. The standard InChI is InChI=1S/C22H23ClN4O2/c23-18-11-9-16(10-12-18)15-19(28)24-20(17-7-3-1-4-8-17)21-25-26-22(29-21)27-13-5-2-6-14-27/h1,3-4,7-12,20H,2,5-6,13-15H2,(H,24,28)/t20-/m1/s1. The Balaban J connectivity index is 1.53. The first-order valence-corrected chi connectivity index (χ1v) is 10.2. The monoisotopic (exact) mass is 410 g/mol. The lowest BCUT2D eigenvalue weighted by atomic mass is 10.1. The number of aromatic nitrogens is 2. The van der Waals surface area contributed by atoms with E-state index in [9.17, 15) is 4.79 Å². The molecule has 1 saturated heterocycles. The van der Waals surface area contributed by atoms with E-state index in [0.29, 0.717) is 16.9 Å². The molecule has 1 aromatic heterocycles. The van der Waals surface area contributed by atoms with Crippen molar-refractivity contribution in [3.8, 4) is 0 Å². The van der Waals surface area contributed by atoms with Crippen LogP contribution in [0.2, 0.25) is 5.02 Å². The van der Waals surface area contributed by atoms with E-state index < -0.39 is 6.04 Å². The molecule has 2 aromatic carbocycles. The van der Waals surface area contributed by atoms with Crippen LogP contribution in [0.3, 0.4) is 0 Å². The fraction of sp³-hybridized carbons (Fsp3) is 0.318. The molecule has 1 N–H and O–H groups in total. The van der Waals surface area contributed by atoms with Gasteiger partial charge in [0.25, 0.3) is 0 Å². The topological polar surface area (TPSA) is 71.3 Å². The van der Waals surface area contributed by atoms with Crippen LogP contribution in [0, 0.1) is 0 Å². The number of carbonyl (C=O) groups excluding carboxylic acids is 1. The maximum Gasteiger partial charge on any atom is 0.318 e. The summed E-state index contributed by atoms with van der Waals surface area (Å²) in [4.78, 5) is 14.8. The van der Waals surface area contributed by atoms with Crippen LogP contribution in [0.25, 0.3) is 0 Å². The van der Waals surface area contributed by atoms with Gasteiger partial charge in [0.15, 0.2) is 0 Å². The average Bonchev–Trinajstić information content (AvgIpc) is 3.25. The molecule has 2 heterocycles. The van der Waals surface area contributed by atoms with E-state index in [1.165, 1.54) is 6.42 Å². The minimum atomic E-state index is -0.498. The van der Waals surface area contributed by atoms with Crippen molar-refractivity contribution in [2.75, 3.05) is 18.0 Å². The van der Waals surface area contributed by atoms with Gasteiger partial charge in [-0.15, -0.1) is 5.10 Å². The number of piperidine rings is 1. The van der Waals surface area contributed by atoms with Gasteiger partial charge in [0.1, 0.15) is 6.04 Å². The van der Waals surface area contributed by atoms with Gasteiger partial charge in [-0.25, -0.2) is 0 Å². The van der Waals surface area contributed by atoms with Crippen LogP contribution in [0.1, 0.15) is 42.3 Å². The number of halogens is 1. The first-order valence-electron chi connectivity index (χ1n) is 9.86. The van der Waals surface area contributed by atoms with Gasteiger partial charge in [0.2, 0.25) is 11.8 Å². The van der Waals surface area contributed by atoms with Crippen LogP contribution in [-0.2, 0) is 11.2 Å². The van der Waals surface area contributed by atoms with E-state index in [4.69, 9.17) is 16.0 Å². The molecular weight excluding hydrogens is 388 g/mol. The molecule has 1 amide bonds. The lowest BCUT2D eigenvalue weighted by Crippen LogP contribution is -2.31. The van der Waals surface area contributed by atoms with Gasteiger partial charge in [-0.05, 0) is 42.5 Å². The molecule has 1 atom stereocenters. The zero-order valence-electron chi connectivity index (χ0n) is 16.1. The van der Waals surface area contributed by atoms with Crippen LogP contribution in [-0.4, -0.2) is 29.2 Å². The number of anilines is 1. The maximum absolute atomic E-state index is 12.7. The highest BCUT2D eigenvalue weighted by Crippen LogP contribution is 2.25. The van der Waals surface area contributed by atoms with Gasteiger partial charge in [0.05, 0.1) is 6.42 Å². The van der Waals surface area contributed by atoms with E-state index >= 15 is 0 Å². The molecule has 1 aliphatic heterocycles. The molecule has 0 bridgehead atoms. The van der Waals surface area contributed by atoms with Crippen molar-refractivity contribution >= 4 is 23.5 Å². The number of nitrogens with zero attached hydrogens (tertiary/aromatic N) is 3. The predicted octanol–water partition coefficient (Wildman–Crippen LogP) is 4.16. The molecule has 0 radical (unpaired) electrons. The molecule has 0 spiro atoms. The van der Waals surface area contributed by atoms with Gasteiger partial charge in [0, 0.05) is 18.1 Å². The Morgan fingerprint density at radius 3 is 2.48 bits per heavy atom. The van der Waals surface area contributed by atoms with Gasteiger partial charge in [-0.2, -0.15) is 0 Å². The van der Waals surface area contributed by atoms with Crippen LogP contribution in [0.15, 0.2) is 59.0 Å². The fourth-order valence-corrected chi connectivity index (χ4v) is 3.61. The minimum Gasteiger partial charge on any atom is -0.405 e. The van der Waals surface area contributed by atoms with Gasteiger partial charge in [-0.1, -0.05) is 59.2 Å². The van der Waals surface area contributed by atoms with Gasteiger partial charge >= 0.3 is 6.01 Å². The number of carbonyl (C=O) groups is 1. The highest BCUT2D eigenvalue weighted by molar-refractivity contribution is 6.30. The number of benzene rings is 2. The second-order valence-corrected chi connectivity index (χ2v) is 7.62. The summed E-state index contributed by atoms with van der Waals surface area (Å²) in [7, 11) is 0. The number of rotatable bonds is 6. The quantitative estimate of drug-likeness (QED) is 0.660. The molecule has 0 saturated carbocycles. The maximum atomic E-state index is 12.7. The summed E-state index contributed by atoms with van der Waals surface area (Å²) < 4.78 is 5.98. The van der Waals surface area contributed by atoms with Gasteiger partial charge in [-0.3, -0.25) is 4.79 Å². The lowest BCUT2D eigenvalue weighted by Gasteiger charge is -2.24. The molecule has 6 nitrogen and oxygen atoms in total. The largest absolute Gasteiger partial charge is 0.405 e. The Hall–Kier alpha value is -2.86. The van der Waals surface area contributed by atoms with Crippen molar-refractivity contribution in [3.63, 3.8) is 0 Å². The number of hydrogen-bond donors (Lipinski definition) is 1. The second kappa shape index (κ2) is 9.09.